The van der Waals surface area contributed by atoms with Crippen LogP contribution in [0.2, 0.25) is 0 Å². The van der Waals surface area contributed by atoms with Crippen LogP contribution in [0.5, 0.6) is 5.75 Å². The summed E-state index contributed by atoms with van der Waals surface area (Å²) in [6.07, 6.45) is 0. The number of halogens is 3. The Labute approximate surface area is 128 Å². The van der Waals surface area contributed by atoms with E-state index in [1.807, 2.05) is 12.1 Å². The van der Waals surface area contributed by atoms with Gasteiger partial charge in [0.25, 0.3) is 5.92 Å². The van der Waals surface area contributed by atoms with Crippen molar-refractivity contribution in [3.8, 4) is 5.75 Å². The monoisotopic (exact) mass is 317 g/mol. The standard InChI is InChI=1S/C15H17F2NO2.ClH/c1-2-20-12-8-7-10-5-3-4-6-11(10)13(12)14(18)15(16,17)9-19;/h3-8,14,19H,2,9,18H2,1H3;1H/t14-;/m1./s1. The Hall–Kier alpha value is -1.43. The zero-order chi connectivity index (χ0) is 14.8. The molecule has 0 unspecified atom stereocenters. The molecule has 0 spiro atoms. The van der Waals surface area contributed by atoms with E-state index in [0.29, 0.717) is 17.7 Å². The van der Waals surface area contributed by atoms with Crippen molar-refractivity contribution in [3.05, 3.63) is 42.0 Å². The molecular formula is C15H18ClF2NO2. The van der Waals surface area contributed by atoms with Gasteiger partial charge in [-0.2, -0.15) is 0 Å². The SMILES string of the molecule is CCOc1ccc2ccccc2c1[C@@H](N)C(F)(F)CO.Cl. The van der Waals surface area contributed by atoms with Crippen LogP contribution < -0.4 is 10.5 Å². The highest BCUT2D eigenvalue weighted by atomic mass is 35.5. The molecule has 0 heterocycles. The van der Waals surface area contributed by atoms with Crippen molar-refractivity contribution in [3.63, 3.8) is 0 Å². The average molecular weight is 318 g/mol. The first-order valence-electron chi connectivity index (χ1n) is 6.40. The van der Waals surface area contributed by atoms with Crippen LogP contribution in [0.4, 0.5) is 8.78 Å². The summed E-state index contributed by atoms with van der Waals surface area (Å²) in [4.78, 5) is 0. The molecule has 0 bridgehead atoms. The Morgan fingerprint density at radius 1 is 1.24 bits per heavy atom. The van der Waals surface area contributed by atoms with Gasteiger partial charge in [-0.1, -0.05) is 30.3 Å². The maximum Gasteiger partial charge on any atom is 0.289 e. The van der Waals surface area contributed by atoms with Gasteiger partial charge in [0.2, 0.25) is 0 Å². The molecule has 21 heavy (non-hydrogen) atoms. The molecule has 2 aromatic carbocycles. The van der Waals surface area contributed by atoms with Crippen molar-refractivity contribution in [1.29, 1.82) is 0 Å². The van der Waals surface area contributed by atoms with E-state index in [1.165, 1.54) is 0 Å². The van der Waals surface area contributed by atoms with E-state index in [1.54, 1.807) is 31.2 Å². The van der Waals surface area contributed by atoms with Crippen LogP contribution in [-0.4, -0.2) is 24.2 Å². The summed E-state index contributed by atoms with van der Waals surface area (Å²) in [5.74, 6) is -3.08. The van der Waals surface area contributed by atoms with Gasteiger partial charge in [0, 0.05) is 5.56 Å². The normalized spacial score (nSPS) is 12.8. The fraction of sp³-hybridized carbons (Fsp3) is 0.333. The van der Waals surface area contributed by atoms with Gasteiger partial charge < -0.3 is 15.6 Å². The molecule has 6 heteroatoms. The van der Waals surface area contributed by atoms with E-state index in [4.69, 9.17) is 15.6 Å². The second kappa shape index (κ2) is 7.02. The van der Waals surface area contributed by atoms with E-state index in [2.05, 4.69) is 0 Å². The molecule has 116 valence electrons. The van der Waals surface area contributed by atoms with Gasteiger partial charge in [0.15, 0.2) is 0 Å². The van der Waals surface area contributed by atoms with Gasteiger partial charge in [0.05, 0.1) is 6.61 Å². The van der Waals surface area contributed by atoms with Gasteiger partial charge in [-0.05, 0) is 23.8 Å². The Morgan fingerprint density at radius 3 is 2.52 bits per heavy atom. The number of ether oxygens (including phenoxy) is 1. The number of hydrogen-bond acceptors (Lipinski definition) is 3. The van der Waals surface area contributed by atoms with E-state index in [9.17, 15) is 8.78 Å². The summed E-state index contributed by atoms with van der Waals surface area (Å²) in [7, 11) is 0. The molecule has 3 nitrogen and oxygen atoms in total. The van der Waals surface area contributed by atoms with E-state index >= 15 is 0 Å². The lowest BCUT2D eigenvalue weighted by Gasteiger charge is -2.25. The highest BCUT2D eigenvalue weighted by molar-refractivity contribution is 5.88. The largest absolute Gasteiger partial charge is 0.494 e. The second-order valence-electron chi connectivity index (χ2n) is 4.53. The lowest BCUT2D eigenvalue weighted by molar-refractivity contribution is -0.0713. The number of aliphatic hydroxyl groups excluding tert-OH is 1. The Morgan fingerprint density at radius 2 is 1.90 bits per heavy atom. The second-order valence-corrected chi connectivity index (χ2v) is 4.53. The summed E-state index contributed by atoms with van der Waals surface area (Å²) in [6, 6.07) is 8.93. The molecule has 0 amide bonds. The first kappa shape index (κ1) is 17.6. The number of hydrogen-bond donors (Lipinski definition) is 2. The third-order valence-electron chi connectivity index (χ3n) is 3.21. The van der Waals surface area contributed by atoms with Crippen LogP contribution in [0.3, 0.4) is 0 Å². The molecule has 1 atom stereocenters. The van der Waals surface area contributed by atoms with Crippen LogP contribution in [0.15, 0.2) is 36.4 Å². The zero-order valence-electron chi connectivity index (χ0n) is 11.6. The third kappa shape index (κ3) is 3.43. The van der Waals surface area contributed by atoms with Crippen LogP contribution in [0.25, 0.3) is 10.8 Å². The van der Waals surface area contributed by atoms with Crippen molar-refractivity contribution in [1.82, 2.24) is 0 Å². The first-order valence-corrected chi connectivity index (χ1v) is 6.40. The molecule has 0 aliphatic carbocycles. The van der Waals surface area contributed by atoms with Gasteiger partial charge in [-0.3, -0.25) is 0 Å². The molecule has 2 rings (SSSR count). The first-order chi connectivity index (χ1) is 9.51. The summed E-state index contributed by atoms with van der Waals surface area (Å²) in [5.41, 5.74) is 5.92. The fourth-order valence-electron chi connectivity index (χ4n) is 2.19. The fourth-order valence-corrected chi connectivity index (χ4v) is 2.19. The highest BCUT2D eigenvalue weighted by Crippen LogP contribution is 2.38. The molecule has 3 N–H and O–H groups in total. The van der Waals surface area contributed by atoms with Gasteiger partial charge >= 0.3 is 0 Å². The van der Waals surface area contributed by atoms with Gasteiger partial charge in [-0.15, -0.1) is 12.4 Å². The zero-order valence-corrected chi connectivity index (χ0v) is 12.4. The molecule has 0 saturated carbocycles. The summed E-state index contributed by atoms with van der Waals surface area (Å²) in [6.45, 7) is 0.820. The minimum Gasteiger partial charge on any atom is -0.494 e. The Balaban J connectivity index is 0.00000220. The topological polar surface area (TPSA) is 55.5 Å². The smallest absolute Gasteiger partial charge is 0.289 e. The van der Waals surface area contributed by atoms with Crippen molar-refractivity contribution in [2.75, 3.05) is 13.2 Å². The molecule has 2 aromatic rings. The lowest BCUT2D eigenvalue weighted by Crippen LogP contribution is -2.36. The minimum atomic E-state index is -3.41. The van der Waals surface area contributed by atoms with Gasteiger partial charge in [0.1, 0.15) is 18.4 Å². The minimum absolute atomic E-state index is 0. The number of nitrogens with two attached hydrogens (primary N) is 1. The van der Waals surface area contributed by atoms with Gasteiger partial charge in [-0.25, -0.2) is 8.78 Å². The Kier molecular flexibility index (Phi) is 5.89. The predicted molar refractivity (Wildman–Crippen MR) is 81.3 cm³/mol. The van der Waals surface area contributed by atoms with E-state index < -0.39 is 18.6 Å². The number of fused-ring (bicyclic) bond motifs is 1. The van der Waals surface area contributed by atoms with Crippen molar-refractivity contribution >= 4 is 23.2 Å². The average Bonchev–Trinajstić information content (AvgIpc) is 2.46. The van der Waals surface area contributed by atoms with Crippen molar-refractivity contribution < 1.29 is 18.6 Å². The molecule has 0 aromatic heterocycles. The molecular weight excluding hydrogens is 300 g/mol. The Bertz CT molecular complexity index is 607. The van der Waals surface area contributed by atoms with Crippen LogP contribution >= 0.6 is 12.4 Å². The van der Waals surface area contributed by atoms with Crippen LogP contribution in [0.1, 0.15) is 18.5 Å². The molecule has 0 saturated heterocycles. The highest BCUT2D eigenvalue weighted by Gasteiger charge is 2.39. The third-order valence-corrected chi connectivity index (χ3v) is 3.21. The number of aliphatic hydroxyl groups is 1. The predicted octanol–water partition coefficient (Wildman–Crippen LogP) is 3.29. The maximum atomic E-state index is 13.7. The van der Waals surface area contributed by atoms with Crippen LogP contribution in [-0.2, 0) is 0 Å². The maximum absolute atomic E-state index is 13.7. The van der Waals surface area contributed by atoms with E-state index in [-0.39, 0.29) is 18.0 Å². The molecule has 0 aliphatic heterocycles. The van der Waals surface area contributed by atoms with Crippen molar-refractivity contribution in [2.24, 2.45) is 5.73 Å². The van der Waals surface area contributed by atoms with Crippen molar-refractivity contribution in [2.45, 2.75) is 18.9 Å². The lowest BCUT2D eigenvalue weighted by atomic mass is 9.94. The molecule has 0 radical (unpaired) electrons. The summed E-state index contributed by atoms with van der Waals surface area (Å²) >= 11 is 0. The van der Waals surface area contributed by atoms with Crippen LogP contribution in [0, 0.1) is 0 Å². The number of benzene rings is 2. The molecule has 0 aliphatic rings. The summed E-state index contributed by atoms with van der Waals surface area (Å²) in [5, 5.41) is 10.3. The quantitative estimate of drug-likeness (QED) is 0.889. The summed E-state index contributed by atoms with van der Waals surface area (Å²) < 4.78 is 32.9. The molecule has 0 fully saturated rings. The number of alkyl halides is 2. The number of rotatable bonds is 5. The van der Waals surface area contributed by atoms with E-state index in [0.717, 1.165) is 5.39 Å².